The minimum absolute atomic E-state index is 0.332. The Morgan fingerprint density at radius 1 is 1.09 bits per heavy atom. The van der Waals surface area contributed by atoms with E-state index in [9.17, 15) is 9.59 Å². The van der Waals surface area contributed by atoms with Crippen LogP contribution in [0.1, 0.15) is 24.9 Å². The average Bonchev–Trinajstić information content (AvgIpc) is 2.98. The third kappa shape index (κ3) is 3.65. The monoisotopic (exact) mass is 320 g/mol. The van der Waals surface area contributed by atoms with Gasteiger partial charge in [0.1, 0.15) is 16.4 Å². The zero-order valence-corrected chi connectivity index (χ0v) is 13.4. The second-order valence-electron chi connectivity index (χ2n) is 4.48. The number of Topliss-reactive ketones (excluding diaryl/α,β-unsaturated/α-hetero) is 1. The molecular weight excluding hydrogens is 304 g/mol. The number of carbonyl (C=O) groups excluding carboxylic acids is 2. The zero-order valence-electron chi connectivity index (χ0n) is 12.5. The molecule has 0 fully saturated rings. The summed E-state index contributed by atoms with van der Waals surface area (Å²) in [5.74, 6) is 0.131. The zero-order chi connectivity index (χ0) is 16.1. The fourth-order valence-corrected chi connectivity index (χ4v) is 2.61. The molecule has 116 valence electrons. The van der Waals surface area contributed by atoms with Crippen molar-refractivity contribution in [2.45, 2.75) is 6.92 Å². The number of ether oxygens (including phenoxy) is 3. The minimum atomic E-state index is -0.501. The lowest BCUT2D eigenvalue weighted by atomic mass is 10.1. The van der Waals surface area contributed by atoms with Crippen LogP contribution in [0.4, 0.5) is 0 Å². The van der Waals surface area contributed by atoms with Crippen molar-refractivity contribution in [1.82, 2.24) is 0 Å². The molecule has 0 amide bonds. The molecule has 5 nitrogen and oxygen atoms in total. The predicted molar refractivity (Wildman–Crippen MR) is 83.2 cm³/mol. The summed E-state index contributed by atoms with van der Waals surface area (Å²) in [6.45, 7) is 1.56. The van der Waals surface area contributed by atoms with Crippen molar-refractivity contribution in [3.8, 4) is 11.5 Å². The first-order chi connectivity index (χ1) is 10.5. The Bertz CT molecular complexity index is 690. The first-order valence-corrected chi connectivity index (χ1v) is 7.35. The Kier molecular flexibility index (Phi) is 5.16. The first-order valence-electron chi connectivity index (χ1n) is 6.54. The van der Waals surface area contributed by atoms with Crippen LogP contribution in [0.25, 0.3) is 0 Å². The molecule has 0 aliphatic heterocycles. The Labute approximate surface area is 132 Å². The van der Waals surface area contributed by atoms with Crippen LogP contribution in [0, 0.1) is 6.92 Å². The van der Waals surface area contributed by atoms with E-state index in [1.165, 1.54) is 25.6 Å². The van der Waals surface area contributed by atoms with Crippen LogP contribution in [-0.4, -0.2) is 32.6 Å². The third-order valence-electron chi connectivity index (χ3n) is 2.99. The first kappa shape index (κ1) is 16.0. The number of hydrogen-bond donors (Lipinski definition) is 0. The third-order valence-corrected chi connectivity index (χ3v) is 3.97. The molecule has 0 N–H and O–H groups in total. The van der Waals surface area contributed by atoms with E-state index in [2.05, 4.69) is 0 Å². The van der Waals surface area contributed by atoms with Crippen molar-refractivity contribution < 1.29 is 23.8 Å². The van der Waals surface area contributed by atoms with E-state index in [0.29, 0.717) is 21.9 Å². The van der Waals surface area contributed by atoms with Crippen LogP contribution in [-0.2, 0) is 4.74 Å². The van der Waals surface area contributed by atoms with Crippen LogP contribution >= 0.6 is 11.3 Å². The molecule has 2 aromatic rings. The van der Waals surface area contributed by atoms with E-state index >= 15 is 0 Å². The molecule has 0 aliphatic rings. The van der Waals surface area contributed by atoms with Gasteiger partial charge in [0.25, 0.3) is 0 Å². The fourth-order valence-electron chi connectivity index (χ4n) is 1.85. The van der Waals surface area contributed by atoms with E-state index in [4.69, 9.17) is 14.2 Å². The molecule has 0 saturated heterocycles. The highest BCUT2D eigenvalue weighted by atomic mass is 32.1. The van der Waals surface area contributed by atoms with Crippen LogP contribution < -0.4 is 9.47 Å². The Hall–Kier alpha value is -2.34. The maximum Gasteiger partial charge on any atom is 0.348 e. The smallest absolute Gasteiger partial charge is 0.348 e. The molecule has 0 spiro atoms. The number of thiophene rings is 1. The van der Waals surface area contributed by atoms with Gasteiger partial charge in [-0.2, -0.15) is 0 Å². The van der Waals surface area contributed by atoms with Crippen molar-refractivity contribution in [1.29, 1.82) is 0 Å². The molecule has 0 bridgehead atoms. The number of aryl methyl sites for hydroxylation is 1. The highest BCUT2D eigenvalue weighted by molar-refractivity contribution is 7.13. The maximum absolute atomic E-state index is 12.2. The van der Waals surface area contributed by atoms with E-state index in [1.54, 1.807) is 24.3 Å². The largest absolute Gasteiger partial charge is 0.497 e. The highest BCUT2D eigenvalue weighted by Crippen LogP contribution is 2.25. The SMILES string of the molecule is COc1ccc(C(=O)COC(=O)c2ccc(C)s2)c(OC)c1. The molecule has 0 radical (unpaired) electrons. The number of ketones is 1. The summed E-state index contributed by atoms with van der Waals surface area (Å²) in [6.07, 6.45) is 0. The molecular formula is C16H16O5S. The molecule has 0 aliphatic carbocycles. The Morgan fingerprint density at radius 3 is 2.45 bits per heavy atom. The molecule has 0 atom stereocenters. The number of benzene rings is 1. The van der Waals surface area contributed by atoms with Gasteiger partial charge in [0, 0.05) is 10.9 Å². The summed E-state index contributed by atoms with van der Waals surface area (Å²) < 4.78 is 15.3. The summed E-state index contributed by atoms with van der Waals surface area (Å²) >= 11 is 1.33. The van der Waals surface area contributed by atoms with E-state index in [-0.39, 0.29) is 12.4 Å². The fraction of sp³-hybridized carbons (Fsp3) is 0.250. The van der Waals surface area contributed by atoms with Crippen molar-refractivity contribution in [3.05, 3.63) is 45.6 Å². The van der Waals surface area contributed by atoms with Gasteiger partial charge in [-0.25, -0.2) is 4.79 Å². The van der Waals surface area contributed by atoms with Gasteiger partial charge in [0.15, 0.2) is 6.61 Å². The summed E-state index contributed by atoms with van der Waals surface area (Å²) in [5.41, 5.74) is 0.346. The van der Waals surface area contributed by atoms with E-state index in [1.807, 2.05) is 13.0 Å². The highest BCUT2D eigenvalue weighted by Gasteiger charge is 2.17. The van der Waals surface area contributed by atoms with Gasteiger partial charge in [-0.3, -0.25) is 4.79 Å². The second-order valence-corrected chi connectivity index (χ2v) is 5.76. The topological polar surface area (TPSA) is 61.8 Å². The van der Waals surface area contributed by atoms with Gasteiger partial charge in [0.2, 0.25) is 5.78 Å². The number of methoxy groups -OCH3 is 2. The molecule has 0 saturated carbocycles. The van der Waals surface area contributed by atoms with Crippen LogP contribution in [0.2, 0.25) is 0 Å². The molecule has 1 aromatic carbocycles. The summed E-state index contributed by atoms with van der Waals surface area (Å²) in [4.78, 5) is 25.5. The lowest BCUT2D eigenvalue weighted by molar-refractivity contribution is 0.0478. The Balaban J connectivity index is 2.04. The van der Waals surface area contributed by atoms with Crippen molar-refractivity contribution >= 4 is 23.1 Å². The number of esters is 1. The van der Waals surface area contributed by atoms with Gasteiger partial charge in [-0.05, 0) is 31.2 Å². The molecule has 6 heteroatoms. The van der Waals surface area contributed by atoms with E-state index in [0.717, 1.165) is 4.88 Å². The van der Waals surface area contributed by atoms with Gasteiger partial charge < -0.3 is 14.2 Å². The lowest BCUT2D eigenvalue weighted by Crippen LogP contribution is -2.14. The number of carbonyl (C=O) groups is 2. The van der Waals surface area contributed by atoms with Crippen molar-refractivity contribution in [3.63, 3.8) is 0 Å². The van der Waals surface area contributed by atoms with Crippen LogP contribution in [0.3, 0.4) is 0 Å². The van der Waals surface area contributed by atoms with E-state index < -0.39 is 5.97 Å². The standard InChI is InChI=1S/C16H16O5S/c1-10-4-7-15(22-10)16(18)21-9-13(17)12-6-5-11(19-2)8-14(12)20-3/h4-8H,9H2,1-3H3. The summed E-state index contributed by atoms with van der Waals surface area (Å²) in [6, 6.07) is 8.36. The molecule has 2 rings (SSSR count). The molecule has 1 aromatic heterocycles. The van der Waals surface area contributed by atoms with Gasteiger partial charge in [-0.1, -0.05) is 0 Å². The van der Waals surface area contributed by atoms with Crippen LogP contribution in [0.15, 0.2) is 30.3 Å². The van der Waals surface area contributed by atoms with Gasteiger partial charge in [0.05, 0.1) is 19.8 Å². The van der Waals surface area contributed by atoms with Crippen molar-refractivity contribution in [2.24, 2.45) is 0 Å². The molecule has 1 heterocycles. The quantitative estimate of drug-likeness (QED) is 0.604. The van der Waals surface area contributed by atoms with Gasteiger partial charge >= 0.3 is 5.97 Å². The summed E-state index contributed by atoms with van der Waals surface area (Å²) in [5, 5.41) is 0. The Morgan fingerprint density at radius 2 is 1.86 bits per heavy atom. The number of rotatable bonds is 6. The molecule has 0 unspecified atom stereocenters. The maximum atomic E-state index is 12.2. The van der Waals surface area contributed by atoms with Crippen LogP contribution in [0.5, 0.6) is 11.5 Å². The minimum Gasteiger partial charge on any atom is -0.497 e. The number of hydrogen-bond acceptors (Lipinski definition) is 6. The normalized spacial score (nSPS) is 10.1. The molecule has 22 heavy (non-hydrogen) atoms. The lowest BCUT2D eigenvalue weighted by Gasteiger charge is -2.09. The predicted octanol–water partition coefficient (Wildman–Crippen LogP) is 3.11. The van der Waals surface area contributed by atoms with Crippen molar-refractivity contribution in [2.75, 3.05) is 20.8 Å². The summed E-state index contributed by atoms with van der Waals surface area (Å²) in [7, 11) is 2.99. The second kappa shape index (κ2) is 7.09. The van der Waals surface area contributed by atoms with Gasteiger partial charge in [-0.15, -0.1) is 11.3 Å². The average molecular weight is 320 g/mol.